The predicted molar refractivity (Wildman–Crippen MR) is 136 cm³/mol. The van der Waals surface area contributed by atoms with Crippen LogP contribution in [-0.4, -0.2) is 50.7 Å². The largest absolute Gasteiger partial charge is 0.462 e. The van der Waals surface area contributed by atoms with Gasteiger partial charge in [0.05, 0.1) is 24.3 Å². The Hall–Kier alpha value is -3.52. The Morgan fingerprint density at radius 1 is 1.19 bits per heavy atom. The summed E-state index contributed by atoms with van der Waals surface area (Å²) >= 11 is 0. The number of aliphatic hydroxyl groups is 1. The molecule has 1 aliphatic heterocycles. The number of benzene rings is 2. The first kappa shape index (κ1) is 25.1. The summed E-state index contributed by atoms with van der Waals surface area (Å²) < 4.78 is 21.2. The molecule has 2 aromatic carbocycles. The second-order valence-electron chi connectivity index (χ2n) is 10.1. The molecule has 3 aromatic rings. The van der Waals surface area contributed by atoms with Gasteiger partial charge in [-0.15, -0.1) is 0 Å². The van der Waals surface area contributed by atoms with Gasteiger partial charge in [-0.3, -0.25) is 9.59 Å². The number of ether oxygens (including phenoxy) is 1. The standard InChI is InChI=1S/C29H32FN3O4/c1-18(19-6-4-3-5-7-19)32(2)29(36)26-27(20-8-9-20)33(15-14-24-16-23(34)17-25(35)37-24)28(31-26)21-10-12-22(30)13-11-21/h3-7,10-13,18,20,23-24,34H,8-9,14-17H2,1-2H3/t18-,23-,24-/m1/s1. The lowest BCUT2D eigenvalue weighted by molar-refractivity contribution is -0.160. The quantitative estimate of drug-likeness (QED) is 0.442. The zero-order valence-electron chi connectivity index (χ0n) is 21.1. The number of aliphatic hydroxyl groups excluding tert-OH is 1. The fourth-order valence-electron chi connectivity index (χ4n) is 5.05. The second kappa shape index (κ2) is 10.5. The molecule has 2 fully saturated rings. The first-order valence-corrected chi connectivity index (χ1v) is 12.9. The topological polar surface area (TPSA) is 84.7 Å². The average Bonchev–Trinajstić information content (AvgIpc) is 3.66. The van der Waals surface area contributed by atoms with Crippen LogP contribution in [-0.2, 0) is 16.1 Å². The fraction of sp³-hybridized carbons (Fsp3) is 0.414. The minimum absolute atomic E-state index is 0.0142. The first-order valence-electron chi connectivity index (χ1n) is 12.9. The number of halogens is 1. The van der Waals surface area contributed by atoms with Crippen LogP contribution in [0.1, 0.15) is 72.7 Å². The number of carbonyl (C=O) groups is 2. The summed E-state index contributed by atoms with van der Waals surface area (Å²) in [6.07, 6.45) is 1.68. The predicted octanol–water partition coefficient (Wildman–Crippen LogP) is 4.86. The lowest BCUT2D eigenvalue weighted by Gasteiger charge is -2.27. The molecule has 1 aromatic heterocycles. The zero-order chi connectivity index (χ0) is 26.1. The molecule has 5 rings (SSSR count). The van der Waals surface area contributed by atoms with E-state index in [-0.39, 0.29) is 30.1 Å². The van der Waals surface area contributed by atoms with Crippen LogP contribution < -0.4 is 0 Å². The van der Waals surface area contributed by atoms with Crippen molar-refractivity contribution in [1.29, 1.82) is 0 Å². The van der Waals surface area contributed by atoms with E-state index in [1.807, 2.05) is 41.8 Å². The Labute approximate surface area is 215 Å². The average molecular weight is 506 g/mol. The van der Waals surface area contributed by atoms with E-state index >= 15 is 0 Å². The number of amides is 1. The van der Waals surface area contributed by atoms with Gasteiger partial charge in [-0.2, -0.15) is 0 Å². The first-order chi connectivity index (χ1) is 17.8. The molecule has 3 atom stereocenters. The van der Waals surface area contributed by atoms with Gasteiger partial charge in [-0.25, -0.2) is 9.37 Å². The molecule has 0 unspecified atom stereocenters. The van der Waals surface area contributed by atoms with Crippen molar-refractivity contribution in [3.63, 3.8) is 0 Å². The van der Waals surface area contributed by atoms with Crippen LogP contribution in [0.15, 0.2) is 54.6 Å². The summed E-state index contributed by atoms with van der Waals surface area (Å²) in [6.45, 7) is 2.45. The van der Waals surface area contributed by atoms with Gasteiger partial charge in [0.1, 0.15) is 17.7 Å². The highest BCUT2D eigenvalue weighted by Crippen LogP contribution is 2.44. The van der Waals surface area contributed by atoms with Gasteiger partial charge in [0, 0.05) is 37.9 Å². The van der Waals surface area contributed by atoms with Crippen LogP contribution in [0.25, 0.3) is 11.4 Å². The van der Waals surface area contributed by atoms with Crippen LogP contribution in [0.4, 0.5) is 4.39 Å². The van der Waals surface area contributed by atoms with E-state index in [1.54, 1.807) is 24.1 Å². The molecule has 0 radical (unpaired) electrons. The number of nitrogens with zero attached hydrogens (tertiary/aromatic N) is 3. The third-order valence-electron chi connectivity index (χ3n) is 7.37. The van der Waals surface area contributed by atoms with Crippen LogP contribution in [0.3, 0.4) is 0 Å². The summed E-state index contributed by atoms with van der Waals surface area (Å²) in [6, 6.07) is 15.8. The smallest absolute Gasteiger partial charge is 0.308 e. The number of imidazole rings is 1. The lowest BCUT2D eigenvalue weighted by Crippen LogP contribution is -2.33. The molecule has 1 amide bonds. The zero-order valence-corrected chi connectivity index (χ0v) is 21.1. The molecule has 0 bridgehead atoms. The van der Waals surface area contributed by atoms with Crippen molar-refractivity contribution >= 4 is 11.9 Å². The minimum atomic E-state index is -0.709. The summed E-state index contributed by atoms with van der Waals surface area (Å²) in [7, 11) is 1.79. The molecule has 1 aliphatic carbocycles. The van der Waals surface area contributed by atoms with Crippen molar-refractivity contribution in [1.82, 2.24) is 14.5 Å². The van der Waals surface area contributed by atoms with Gasteiger partial charge >= 0.3 is 5.97 Å². The molecular formula is C29H32FN3O4. The molecular weight excluding hydrogens is 473 g/mol. The van der Waals surface area contributed by atoms with Crippen molar-refractivity contribution in [3.8, 4) is 11.4 Å². The number of hydrogen-bond acceptors (Lipinski definition) is 5. The number of esters is 1. The van der Waals surface area contributed by atoms with Crippen molar-refractivity contribution < 1.29 is 23.8 Å². The highest BCUT2D eigenvalue weighted by atomic mass is 19.1. The third kappa shape index (κ3) is 5.44. The number of carbonyl (C=O) groups excluding carboxylic acids is 2. The molecule has 194 valence electrons. The van der Waals surface area contributed by atoms with Crippen molar-refractivity contribution in [2.75, 3.05) is 7.05 Å². The Kier molecular flexibility index (Phi) is 7.11. The normalized spacial score (nSPS) is 20.4. The molecule has 1 N–H and O–H groups in total. The Morgan fingerprint density at radius 2 is 1.89 bits per heavy atom. The van der Waals surface area contributed by atoms with Gasteiger partial charge in [0.25, 0.3) is 5.91 Å². The highest BCUT2D eigenvalue weighted by Gasteiger charge is 2.37. The molecule has 2 aliphatic rings. The summed E-state index contributed by atoms with van der Waals surface area (Å²) in [5.41, 5.74) is 3.02. The maximum Gasteiger partial charge on any atom is 0.308 e. The molecule has 2 heterocycles. The summed E-state index contributed by atoms with van der Waals surface area (Å²) in [5.74, 6) is -0.114. The Morgan fingerprint density at radius 3 is 2.54 bits per heavy atom. The number of hydrogen-bond donors (Lipinski definition) is 1. The molecule has 37 heavy (non-hydrogen) atoms. The van der Waals surface area contributed by atoms with Crippen LogP contribution in [0.2, 0.25) is 0 Å². The van der Waals surface area contributed by atoms with Gasteiger partial charge in [-0.1, -0.05) is 30.3 Å². The van der Waals surface area contributed by atoms with Crippen molar-refractivity contribution in [2.45, 2.75) is 69.7 Å². The minimum Gasteiger partial charge on any atom is -0.462 e. The molecule has 7 nitrogen and oxygen atoms in total. The van der Waals surface area contributed by atoms with Gasteiger partial charge in [-0.05, 0) is 49.6 Å². The maximum absolute atomic E-state index is 13.8. The molecule has 0 spiro atoms. The van der Waals surface area contributed by atoms with Gasteiger partial charge < -0.3 is 19.3 Å². The lowest BCUT2D eigenvalue weighted by atomic mass is 10.0. The number of rotatable bonds is 8. The number of cyclic esters (lactones) is 1. The van der Waals surface area contributed by atoms with Crippen molar-refractivity contribution in [2.24, 2.45) is 0 Å². The SMILES string of the molecule is C[C@H](c1ccccc1)N(C)C(=O)c1nc(-c2ccc(F)cc2)n(CC[C@@H]2C[C@@H](O)CC(=O)O2)c1C1CC1. The van der Waals surface area contributed by atoms with E-state index in [1.165, 1.54) is 12.1 Å². The molecule has 1 saturated carbocycles. The van der Waals surface area contributed by atoms with E-state index in [0.717, 1.165) is 24.1 Å². The van der Waals surface area contributed by atoms with Crippen LogP contribution in [0.5, 0.6) is 0 Å². The van der Waals surface area contributed by atoms with E-state index < -0.39 is 18.2 Å². The summed E-state index contributed by atoms with van der Waals surface area (Å²) in [5, 5.41) is 10.0. The van der Waals surface area contributed by atoms with Crippen LogP contribution >= 0.6 is 0 Å². The Bertz CT molecular complexity index is 1270. The van der Waals surface area contributed by atoms with E-state index in [9.17, 15) is 19.1 Å². The highest BCUT2D eigenvalue weighted by molar-refractivity contribution is 5.94. The van der Waals surface area contributed by atoms with Crippen LogP contribution in [0, 0.1) is 5.82 Å². The van der Waals surface area contributed by atoms with Crippen molar-refractivity contribution in [3.05, 3.63) is 77.4 Å². The van der Waals surface area contributed by atoms with E-state index in [2.05, 4.69) is 0 Å². The summed E-state index contributed by atoms with van der Waals surface area (Å²) in [4.78, 5) is 32.3. The van der Waals surface area contributed by atoms with Gasteiger partial charge in [0.2, 0.25) is 0 Å². The third-order valence-corrected chi connectivity index (χ3v) is 7.37. The fourth-order valence-corrected chi connectivity index (χ4v) is 5.05. The number of aromatic nitrogens is 2. The van der Waals surface area contributed by atoms with E-state index in [4.69, 9.17) is 9.72 Å². The maximum atomic E-state index is 13.8. The molecule has 8 heteroatoms. The Balaban J connectivity index is 1.51. The van der Waals surface area contributed by atoms with E-state index in [0.29, 0.717) is 36.5 Å². The second-order valence-corrected chi connectivity index (χ2v) is 10.1. The van der Waals surface area contributed by atoms with Gasteiger partial charge in [0.15, 0.2) is 5.69 Å². The molecule has 1 saturated heterocycles. The monoisotopic (exact) mass is 505 g/mol.